The predicted molar refractivity (Wildman–Crippen MR) is 65.8 cm³/mol. The van der Waals surface area contributed by atoms with Gasteiger partial charge in [0.25, 0.3) is 0 Å². The van der Waals surface area contributed by atoms with Gasteiger partial charge in [0.1, 0.15) is 0 Å². The second kappa shape index (κ2) is 4.55. The summed E-state index contributed by atoms with van der Waals surface area (Å²) in [5.74, 6) is -0.543. The molecule has 2 heterocycles. The number of carbonyl (C=O) groups is 1. The Hall–Kier alpha value is -0.880. The summed E-state index contributed by atoms with van der Waals surface area (Å²) in [6.45, 7) is 4.00. The zero-order valence-corrected chi connectivity index (χ0v) is 11.3. The number of rotatable bonds is 3. The zero-order chi connectivity index (χ0) is 11.7. The van der Waals surface area contributed by atoms with Crippen molar-refractivity contribution in [1.82, 2.24) is 9.38 Å². The SMILES string of the molecule is CCOC(=O)C(C)c1cn2cc(Br)sc2n1. The number of ether oxygens (including phenoxy) is 1. The molecule has 0 aliphatic heterocycles. The number of nitrogens with zero attached hydrogens (tertiary/aromatic N) is 2. The van der Waals surface area contributed by atoms with Gasteiger partial charge in [0.15, 0.2) is 4.96 Å². The number of thiazole rings is 1. The molecule has 2 aromatic heterocycles. The standard InChI is InChI=1S/C10H11BrN2O2S/c1-3-15-9(14)6(2)7-4-13-5-8(11)16-10(13)12-7/h4-6H,3H2,1-2H3. The highest BCUT2D eigenvalue weighted by molar-refractivity contribution is 9.11. The maximum Gasteiger partial charge on any atom is 0.314 e. The Morgan fingerprint density at radius 1 is 1.69 bits per heavy atom. The monoisotopic (exact) mass is 302 g/mol. The van der Waals surface area contributed by atoms with Gasteiger partial charge in [0.2, 0.25) is 0 Å². The van der Waals surface area contributed by atoms with Gasteiger partial charge in [-0.2, -0.15) is 0 Å². The van der Waals surface area contributed by atoms with Crippen molar-refractivity contribution in [3.63, 3.8) is 0 Å². The molecule has 0 fully saturated rings. The minimum absolute atomic E-state index is 0.229. The van der Waals surface area contributed by atoms with E-state index in [1.807, 2.05) is 16.8 Å². The summed E-state index contributed by atoms with van der Waals surface area (Å²) in [4.78, 5) is 16.8. The summed E-state index contributed by atoms with van der Waals surface area (Å²) in [7, 11) is 0. The number of esters is 1. The first-order chi connectivity index (χ1) is 7.61. The Bertz CT molecular complexity index is 488. The molecule has 0 saturated heterocycles. The number of fused-ring (bicyclic) bond motifs is 1. The van der Waals surface area contributed by atoms with Crippen molar-refractivity contribution in [2.45, 2.75) is 19.8 Å². The molecule has 1 unspecified atom stereocenters. The third kappa shape index (κ3) is 2.12. The lowest BCUT2D eigenvalue weighted by Gasteiger charge is -2.06. The van der Waals surface area contributed by atoms with Crippen LogP contribution in [0.15, 0.2) is 16.2 Å². The van der Waals surface area contributed by atoms with Gasteiger partial charge in [0.05, 0.1) is 22.0 Å². The van der Waals surface area contributed by atoms with Crippen LogP contribution in [0.25, 0.3) is 4.96 Å². The van der Waals surface area contributed by atoms with Gasteiger partial charge >= 0.3 is 5.97 Å². The first-order valence-corrected chi connectivity index (χ1v) is 6.53. The molecule has 0 amide bonds. The van der Waals surface area contributed by atoms with Crippen molar-refractivity contribution in [2.24, 2.45) is 0 Å². The topological polar surface area (TPSA) is 43.6 Å². The lowest BCUT2D eigenvalue weighted by atomic mass is 10.1. The van der Waals surface area contributed by atoms with Crippen LogP contribution >= 0.6 is 27.3 Å². The number of imidazole rings is 1. The van der Waals surface area contributed by atoms with Crippen LogP contribution in [0.3, 0.4) is 0 Å². The fourth-order valence-corrected chi connectivity index (χ4v) is 2.74. The van der Waals surface area contributed by atoms with E-state index >= 15 is 0 Å². The number of hydrogen-bond donors (Lipinski definition) is 0. The Morgan fingerprint density at radius 3 is 3.06 bits per heavy atom. The fourth-order valence-electron chi connectivity index (χ4n) is 1.38. The van der Waals surface area contributed by atoms with Gasteiger partial charge in [-0.05, 0) is 29.8 Å². The molecule has 86 valence electrons. The van der Waals surface area contributed by atoms with Gasteiger partial charge in [-0.3, -0.25) is 9.20 Å². The molecule has 2 rings (SSSR count). The molecule has 2 aromatic rings. The Kier molecular flexibility index (Phi) is 3.30. The molecule has 4 nitrogen and oxygen atoms in total. The summed E-state index contributed by atoms with van der Waals surface area (Å²) in [5, 5.41) is 0. The van der Waals surface area contributed by atoms with E-state index in [-0.39, 0.29) is 11.9 Å². The van der Waals surface area contributed by atoms with E-state index in [0.717, 1.165) is 14.4 Å². The predicted octanol–water partition coefficient (Wildman–Crippen LogP) is 2.82. The van der Waals surface area contributed by atoms with E-state index in [4.69, 9.17) is 4.74 Å². The fraction of sp³-hybridized carbons (Fsp3) is 0.400. The quantitative estimate of drug-likeness (QED) is 0.819. The lowest BCUT2D eigenvalue weighted by Crippen LogP contribution is -2.13. The lowest BCUT2D eigenvalue weighted by molar-refractivity contribution is -0.144. The molecule has 0 N–H and O–H groups in total. The number of carbonyl (C=O) groups excluding carboxylic acids is 1. The maximum absolute atomic E-state index is 11.5. The molecule has 6 heteroatoms. The van der Waals surface area contributed by atoms with Crippen LogP contribution in [0.5, 0.6) is 0 Å². The second-order valence-corrected chi connectivity index (χ2v) is 5.75. The smallest absolute Gasteiger partial charge is 0.314 e. The molecule has 0 spiro atoms. The number of hydrogen-bond acceptors (Lipinski definition) is 4. The summed E-state index contributed by atoms with van der Waals surface area (Å²) < 4.78 is 7.88. The highest BCUT2D eigenvalue weighted by Crippen LogP contribution is 2.25. The van der Waals surface area contributed by atoms with E-state index in [0.29, 0.717) is 6.61 Å². The summed E-state index contributed by atoms with van der Waals surface area (Å²) in [6, 6.07) is 0. The van der Waals surface area contributed by atoms with E-state index in [1.54, 1.807) is 13.8 Å². The van der Waals surface area contributed by atoms with Gasteiger partial charge in [-0.15, -0.1) is 0 Å². The Labute approximate surface area is 105 Å². The molecule has 0 aliphatic carbocycles. The maximum atomic E-state index is 11.5. The second-order valence-electron chi connectivity index (χ2n) is 3.36. The molecular weight excluding hydrogens is 292 g/mol. The highest BCUT2D eigenvalue weighted by atomic mass is 79.9. The van der Waals surface area contributed by atoms with Gasteiger partial charge in [-0.25, -0.2) is 4.98 Å². The third-order valence-electron chi connectivity index (χ3n) is 2.23. The molecule has 16 heavy (non-hydrogen) atoms. The molecule has 1 atom stereocenters. The minimum Gasteiger partial charge on any atom is -0.465 e. The van der Waals surface area contributed by atoms with Crippen LogP contribution in [0.4, 0.5) is 0 Å². The van der Waals surface area contributed by atoms with E-state index in [2.05, 4.69) is 20.9 Å². The molecular formula is C10H11BrN2O2S. The largest absolute Gasteiger partial charge is 0.465 e. The zero-order valence-electron chi connectivity index (χ0n) is 8.94. The minimum atomic E-state index is -0.314. The normalized spacial score (nSPS) is 12.9. The van der Waals surface area contributed by atoms with Gasteiger partial charge in [-0.1, -0.05) is 11.3 Å². The highest BCUT2D eigenvalue weighted by Gasteiger charge is 2.20. The van der Waals surface area contributed by atoms with Gasteiger partial charge < -0.3 is 4.74 Å². The first kappa shape index (κ1) is 11.6. The van der Waals surface area contributed by atoms with Crippen LogP contribution in [0.2, 0.25) is 0 Å². The Balaban J connectivity index is 2.26. The van der Waals surface area contributed by atoms with Crippen LogP contribution in [0.1, 0.15) is 25.5 Å². The average Bonchev–Trinajstić information content (AvgIpc) is 2.73. The summed E-state index contributed by atoms with van der Waals surface area (Å²) in [5.41, 5.74) is 0.747. The summed E-state index contributed by atoms with van der Waals surface area (Å²) >= 11 is 4.92. The summed E-state index contributed by atoms with van der Waals surface area (Å²) in [6.07, 6.45) is 3.78. The van der Waals surface area contributed by atoms with Crippen LogP contribution in [-0.4, -0.2) is 22.0 Å². The van der Waals surface area contributed by atoms with E-state index in [1.165, 1.54) is 11.3 Å². The Morgan fingerprint density at radius 2 is 2.44 bits per heavy atom. The molecule has 0 radical (unpaired) electrons. The van der Waals surface area contributed by atoms with E-state index in [9.17, 15) is 4.79 Å². The van der Waals surface area contributed by atoms with Crippen molar-refractivity contribution in [3.05, 3.63) is 21.9 Å². The third-order valence-corrected chi connectivity index (χ3v) is 3.71. The van der Waals surface area contributed by atoms with Crippen molar-refractivity contribution >= 4 is 38.2 Å². The van der Waals surface area contributed by atoms with Crippen LogP contribution in [-0.2, 0) is 9.53 Å². The molecule has 0 bridgehead atoms. The molecule has 0 aliphatic rings. The first-order valence-electron chi connectivity index (χ1n) is 4.92. The van der Waals surface area contributed by atoms with E-state index < -0.39 is 0 Å². The molecule has 0 saturated carbocycles. The van der Waals surface area contributed by atoms with Crippen molar-refractivity contribution in [1.29, 1.82) is 0 Å². The van der Waals surface area contributed by atoms with Crippen LogP contribution < -0.4 is 0 Å². The van der Waals surface area contributed by atoms with Gasteiger partial charge in [0, 0.05) is 12.4 Å². The van der Waals surface area contributed by atoms with Crippen molar-refractivity contribution < 1.29 is 9.53 Å². The van der Waals surface area contributed by atoms with Crippen molar-refractivity contribution in [2.75, 3.05) is 6.61 Å². The molecule has 0 aromatic carbocycles. The number of aromatic nitrogens is 2. The number of halogens is 1. The van der Waals surface area contributed by atoms with Crippen LogP contribution in [0, 0.1) is 0 Å². The average molecular weight is 303 g/mol. The van der Waals surface area contributed by atoms with Crippen molar-refractivity contribution in [3.8, 4) is 0 Å².